The van der Waals surface area contributed by atoms with Crippen molar-refractivity contribution in [3.05, 3.63) is 84.2 Å². The van der Waals surface area contributed by atoms with Crippen molar-refractivity contribution in [2.75, 3.05) is 6.61 Å². The second-order valence-electron chi connectivity index (χ2n) is 8.32. The van der Waals surface area contributed by atoms with E-state index < -0.39 is 12.0 Å². The molecule has 0 radical (unpaired) electrons. The Bertz CT molecular complexity index is 1110. The zero-order valence-electron chi connectivity index (χ0n) is 20.7. The zero-order valence-corrected chi connectivity index (χ0v) is 19.7. The van der Waals surface area contributed by atoms with E-state index in [2.05, 4.69) is 4.98 Å². The number of carboxylic acids is 1. The van der Waals surface area contributed by atoms with Crippen LogP contribution in [0.15, 0.2) is 73.1 Å². The molecule has 6 heteroatoms. The van der Waals surface area contributed by atoms with Gasteiger partial charge in [0.25, 0.3) is 5.91 Å². The zero-order chi connectivity index (χ0) is 25.3. The van der Waals surface area contributed by atoms with Crippen molar-refractivity contribution in [2.24, 2.45) is 0 Å². The number of para-hydroxylation sites is 1. The van der Waals surface area contributed by atoms with Crippen LogP contribution in [0.4, 0.5) is 0 Å². The van der Waals surface area contributed by atoms with E-state index in [1.54, 1.807) is 38.4 Å². The van der Waals surface area contributed by atoms with E-state index in [4.69, 9.17) is 11.2 Å². The van der Waals surface area contributed by atoms with Gasteiger partial charge in [-0.3, -0.25) is 14.6 Å². The SMILES string of the molecule is [2H]C(C)(C)N(Cc1ccccc1OCCCCCC(=O)O)C(=O)c1ccc(-c2cccnc2)cc1. The molecule has 0 saturated heterocycles. The third kappa shape index (κ3) is 7.17. The molecular weight excluding hydrogens is 428 g/mol. The molecule has 0 fully saturated rings. The van der Waals surface area contributed by atoms with Crippen LogP contribution >= 0.6 is 0 Å². The van der Waals surface area contributed by atoms with Gasteiger partial charge in [-0.15, -0.1) is 0 Å². The van der Waals surface area contributed by atoms with Crippen molar-refractivity contribution < 1.29 is 20.8 Å². The van der Waals surface area contributed by atoms with Crippen LogP contribution in [-0.2, 0) is 11.3 Å². The Morgan fingerprint density at radius 3 is 2.44 bits per heavy atom. The average molecular weight is 462 g/mol. The van der Waals surface area contributed by atoms with Gasteiger partial charge in [-0.25, -0.2) is 0 Å². The maximum atomic E-state index is 13.4. The van der Waals surface area contributed by atoms with Gasteiger partial charge in [-0.2, -0.15) is 0 Å². The summed E-state index contributed by atoms with van der Waals surface area (Å²) in [4.78, 5) is 29.8. The fourth-order valence-electron chi connectivity index (χ4n) is 3.61. The molecule has 0 atom stereocenters. The number of carbonyl (C=O) groups excluding carboxylic acids is 1. The Kier molecular flexibility index (Phi) is 8.66. The van der Waals surface area contributed by atoms with Gasteiger partial charge in [0.1, 0.15) is 5.75 Å². The molecule has 2 aromatic carbocycles. The lowest BCUT2D eigenvalue weighted by atomic mass is 10.0. The molecular formula is C28H32N2O4. The normalized spacial score (nSPS) is 11.5. The number of ether oxygens (including phenoxy) is 1. The monoisotopic (exact) mass is 461 g/mol. The van der Waals surface area contributed by atoms with Crippen LogP contribution < -0.4 is 4.74 Å². The largest absolute Gasteiger partial charge is 0.493 e. The van der Waals surface area contributed by atoms with Crippen molar-refractivity contribution in [3.8, 4) is 16.9 Å². The minimum absolute atomic E-state index is 0.162. The third-order valence-electron chi connectivity index (χ3n) is 5.51. The molecule has 34 heavy (non-hydrogen) atoms. The van der Waals surface area contributed by atoms with E-state index in [1.807, 2.05) is 48.5 Å². The van der Waals surface area contributed by atoms with Gasteiger partial charge in [-0.1, -0.05) is 36.4 Å². The summed E-state index contributed by atoms with van der Waals surface area (Å²) in [5.41, 5.74) is 3.26. The van der Waals surface area contributed by atoms with Crippen LogP contribution in [0.5, 0.6) is 5.75 Å². The van der Waals surface area contributed by atoms with Crippen LogP contribution in [0.3, 0.4) is 0 Å². The second-order valence-corrected chi connectivity index (χ2v) is 8.32. The van der Waals surface area contributed by atoms with E-state index >= 15 is 0 Å². The molecule has 3 aromatic rings. The smallest absolute Gasteiger partial charge is 0.303 e. The first-order valence-corrected chi connectivity index (χ1v) is 11.5. The Hall–Kier alpha value is -3.67. The van der Waals surface area contributed by atoms with Gasteiger partial charge >= 0.3 is 5.97 Å². The summed E-state index contributed by atoms with van der Waals surface area (Å²) in [5.74, 6) is -0.350. The molecule has 0 aliphatic carbocycles. The van der Waals surface area contributed by atoms with E-state index in [0.29, 0.717) is 24.3 Å². The molecule has 1 N–H and O–H groups in total. The van der Waals surface area contributed by atoms with Crippen molar-refractivity contribution in [1.82, 2.24) is 9.88 Å². The number of nitrogens with zero attached hydrogens (tertiary/aromatic N) is 2. The highest BCUT2D eigenvalue weighted by Crippen LogP contribution is 2.24. The molecule has 1 heterocycles. The van der Waals surface area contributed by atoms with Crippen LogP contribution in [0.2, 0.25) is 0 Å². The fraction of sp³-hybridized carbons (Fsp3) is 0.321. The average Bonchev–Trinajstić information content (AvgIpc) is 2.84. The fourth-order valence-corrected chi connectivity index (χ4v) is 3.61. The first kappa shape index (κ1) is 23.5. The van der Waals surface area contributed by atoms with Crippen LogP contribution in [0, 0.1) is 0 Å². The predicted octanol–water partition coefficient (Wildman–Crippen LogP) is 5.82. The maximum absolute atomic E-state index is 13.4. The van der Waals surface area contributed by atoms with Crippen LogP contribution in [-0.4, -0.2) is 39.5 Å². The first-order valence-electron chi connectivity index (χ1n) is 12.0. The highest BCUT2D eigenvalue weighted by Gasteiger charge is 2.20. The Morgan fingerprint density at radius 1 is 1.00 bits per heavy atom. The second kappa shape index (κ2) is 12.5. The summed E-state index contributed by atoms with van der Waals surface area (Å²) in [6, 6.07) is 17.5. The van der Waals surface area contributed by atoms with Crippen molar-refractivity contribution in [2.45, 2.75) is 52.1 Å². The number of aliphatic carboxylic acids is 1. The molecule has 1 amide bonds. The maximum Gasteiger partial charge on any atom is 0.303 e. The summed E-state index contributed by atoms with van der Waals surface area (Å²) >= 11 is 0. The molecule has 0 bridgehead atoms. The van der Waals surface area contributed by atoms with Gasteiger partial charge in [0, 0.05) is 42.5 Å². The van der Waals surface area contributed by atoms with Gasteiger partial charge in [0.05, 0.1) is 7.98 Å². The summed E-state index contributed by atoms with van der Waals surface area (Å²) in [6.07, 6.45) is 5.80. The van der Waals surface area contributed by atoms with Gasteiger partial charge < -0.3 is 14.7 Å². The predicted molar refractivity (Wildman–Crippen MR) is 133 cm³/mol. The number of unbranched alkanes of at least 4 members (excludes halogenated alkanes) is 2. The minimum Gasteiger partial charge on any atom is -0.493 e. The molecule has 0 saturated carbocycles. The first-order chi connectivity index (χ1) is 16.8. The molecule has 0 aliphatic heterocycles. The molecule has 6 nitrogen and oxygen atoms in total. The number of aromatic nitrogens is 1. The van der Waals surface area contributed by atoms with Gasteiger partial charge in [0.15, 0.2) is 0 Å². The molecule has 178 valence electrons. The van der Waals surface area contributed by atoms with Crippen LogP contribution in [0.25, 0.3) is 11.1 Å². The number of hydrogen-bond acceptors (Lipinski definition) is 4. The van der Waals surface area contributed by atoms with E-state index in [-0.39, 0.29) is 18.9 Å². The van der Waals surface area contributed by atoms with E-state index in [1.165, 1.54) is 4.90 Å². The lowest BCUT2D eigenvalue weighted by molar-refractivity contribution is -0.137. The number of amides is 1. The van der Waals surface area contributed by atoms with Gasteiger partial charge in [-0.05, 0) is 68.5 Å². The summed E-state index contributed by atoms with van der Waals surface area (Å²) in [5, 5.41) is 8.75. The lowest BCUT2D eigenvalue weighted by Gasteiger charge is -2.28. The highest BCUT2D eigenvalue weighted by atomic mass is 16.5. The van der Waals surface area contributed by atoms with Crippen molar-refractivity contribution in [1.29, 1.82) is 0 Å². The quantitative estimate of drug-likeness (QED) is 0.344. The third-order valence-corrected chi connectivity index (χ3v) is 5.51. The summed E-state index contributed by atoms with van der Waals surface area (Å²) in [7, 11) is 0. The molecule has 1 aromatic heterocycles. The number of benzene rings is 2. The van der Waals surface area contributed by atoms with Crippen molar-refractivity contribution >= 4 is 11.9 Å². The number of rotatable bonds is 12. The topological polar surface area (TPSA) is 79.7 Å². The van der Waals surface area contributed by atoms with Crippen molar-refractivity contribution in [3.63, 3.8) is 0 Å². The summed E-state index contributed by atoms with van der Waals surface area (Å²) < 4.78 is 14.6. The highest BCUT2D eigenvalue weighted by molar-refractivity contribution is 5.95. The van der Waals surface area contributed by atoms with E-state index in [0.717, 1.165) is 29.5 Å². The molecule has 0 aliphatic rings. The molecule has 0 unspecified atom stereocenters. The Balaban J connectivity index is 1.70. The van der Waals surface area contributed by atoms with E-state index in [9.17, 15) is 9.59 Å². The minimum atomic E-state index is -1.15. The van der Waals surface area contributed by atoms with Gasteiger partial charge in [0.2, 0.25) is 0 Å². The number of carbonyl (C=O) groups is 2. The number of pyridine rings is 1. The molecule has 0 spiro atoms. The van der Waals surface area contributed by atoms with Crippen LogP contribution in [0.1, 0.15) is 56.8 Å². The number of carboxylic acid groups (broad SMARTS) is 1. The summed E-state index contributed by atoms with van der Waals surface area (Å²) in [6.45, 7) is 4.08. The Morgan fingerprint density at radius 2 is 1.76 bits per heavy atom. The molecule has 3 rings (SSSR count). The Labute approximate surface area is 202 Å². The lowest BCUT2D eigenvalue weighted by Crippen LogP contribution is -2.36. The number of hydrogen-bond donors (Lipinski definition) is 1. The standard InChI is InChI=1S/C28H32N2O4/c1-21(2)30(28(33)23-15-13-22(14-16-23)24-10-8-17-29-19-24)20-25-9-5-6-11-26(25)34-18-7-3-4-12-27(31)32/h5-6,8-11,13-17,19,21H,3-4,7,12,18,20H2,1-2H3,(H,31,32)/i21D.